The van der Waals surface area contributed by atoms with Crippen LogP contribution in [0.25, 0.3) is 0 Å². The van der Waals surface area contributed by atoms with E-state index in [9.17, 15) is 18.0 Å². The van der Waals surface area contributed by atoms with Gasteiger partial charge >= 0.3 is 5.97 Å². The second-order valence-corrected chi connectivity index (χ2v) is 3.59. The van der Waals surface area contributed by atoms with Crippen molar-refractivity contribution < 1.29 is 27.8 Å². The average molecular weight is 234 g/mol. The molecular formula is C10H9F3O3. The zero-order valence-electron chi connectivity index (χ0n) is 8.55. The highest BCUT2D eigenvalue weighted by molar-refractivity contribution is 5.76. The number of hydrogen-bond donors (Lipinski definition) is 1. The molecule has 0 aliphatic rings. The molecule has 1 N–H and O–H groups in total. The van der Waals surface area contributed by atoms with Gasteiger partial charge < -0.3 is 9.84 Å². The van der Waals surface area contributed by atoms with Gasteiger partial charge in [0.15, 0.2) is 23.0 Å². The molecule has 0 saturated heterocycles. The van der Waals surface area contributed by atoms with E-state index in [1.54, 1.807) is 0 Å². The summed E-state index contributed by atoms with van der Waals surface area (Å²) >= 11 is 0. The molecule has 0 atom stereocenters. The Labute approximate surface area is 89.5 Å². The SMILES string of the molecule is CC(C)(Oc1ccc(F)c(F)c1F)C(=O)O. The maximum Gasteiger partial charge on any atom is 0.347 e. The van der Waals surface area contributed by atoms with Crippen LogP contribution in [0.1, 0.15) is 13.8 Å². The smallest absolute Gasteiger partial charge is 0.347 e. The largest absolute Gasteiger partial charge is 0.478 e. The fraction of sp³-hybridized carbons (Fsp3) is 0.300. The molecule has 0 fully saturated rings. The Kier molecular flexibility index (Phi) is 3.11. The molecule has 0 saturated carbocycles. The highest BCUT2D eigenvalue weighted by atomic mass is 19.2. The standard InChI is InChI=1S/C10H9F3O3/c1-10(2,9(14)15)16-6-4-3-5(11)7(12)8(6)13/h3-4H,1-2H3,(H,14,15). The third-order valence-electron chi connectivity index (χ3n) is 1.88. The van der Waals surface area contributed by atoms with Gasteiger partial charge in [-0.15, -0.1) is 0 Å². The Hall–Kier alpha value is -1.72. The van der Waals surface area contributed by atoms with Crippen molar-refractivity contribution in [1.82, 2.24) is 0 Å². The van der Waals surface area contributed by atoms with Gasteiger partial charge in [0, 0.05) is 0 Å². The fourth-order valence-electron chi connectivity index (χ4n) is 0.906. The molecule has 0 amide bonds. The molecule has 0 aliphatic heterocycles. The summed E-state index contributed by atoms with van der Waals surface area (Å²) in [5.41, 5.74) is -1.73. The Morgan fingerprint density at radius 1 is 1.25 bits per heavy atom. The number of aliphatic carboxylic acids is 1. The number of benzene rings is 1. The van der Waals surface area contributed by atoms with Crippen LogP contribution in [0.15, 0.2) is 12.1 Å². The van der Waals surface area contributed by atoms with E-state index in [-0.39, 0.29) is 0 Å². The predicted molar refractivity (Wildman–Crippen MR) is 48.7 cm³/mol. The van der Waals surface area contributed by atoms with Crippen molar-refractivity contribution in [3.05, 3.63) is 29.6 Å². The lowest BCUT2D eigenvalue weighted by atomic mass is 10.1. The van der Waals surface area contributed by atoms with Crippen molar-refractivity contribution in [2.75, 3.05) is 0 Å². The summed E-state index contributed by atoms with van der Waals surface area (Å²) < 4.78 is 43.2. The molecule has 0 spiro atoms. The van der Waals surface area contributed by atoms with Crippen LogP contribution in [-0.4, -0.2) is 16.7 Å². The summed E-state index contributed by atoms with van der Waals surface area (Å²) in [6, 6.07) is 1.49. The third-order valence-corrected chi connectivity index (χ3v) is 1.88. The normalized spacial score (nSPS) is 11.3. The van der Waals surface area contributed by atoms with Gasteiger partial charge in [-0.3, -0.25) is 0 Å². The van der Waals surface area contributed by atoms with Crippen LogP contribution in [0.3, 0.4) is 0 Å². The quantitative estimate of drug-likeness (QED) is 0.816. The molecule has 0 unspecified atom stereocenters. The van der Waals surface area contributed by atoms with Crippen LogP contribution in [0.5, 0.6) is 5.75 Å². The highest BCUT2D eigenvalue weighted by Crippen LogP contribution is 2.25. The van der Waals surface area contributed by atoms with Crippen molar-refractivity contribution in [3.8, 4) is 5.75 Å². The molecule has 3 nitrogen and oxygen atoms in total. The van der Waals surface area contributed by atoms with Crippen LogP contribution < -0.4 is 4.74 Å². The zero-order chi connectivity index (χ0) is 12.5. The third kappa shape index (κ3) is 2.26. The first kappa shape index (κ1) is 12.4. The number of carboxylic acid groups (broad SMARTS) is 1. The molecule has 1 aromatic rings. The van der Waals surface area contributed by atoms with Gasteiger partial charge in [0.1, 0.15) is 0 Å². The van der Waals surface area contributed by atoms with Crippen molar-refractivity contribution >= 4 is 5.97 Å². The van der Waals surface area contributed by atoms with E-state index in [1.807, 2.05) is 0 Å². The second-order valence-electron chi connectivity index (χ2n) is 3.59. The number of carbonyl (C=O) groups is 1. The monoisotopic (exact) mass is 234 g/mol. The molecular weight excluding hydrogens is 225 g/mol. The number of carboxylic acids is 1. The zero-order valence-corrected chi connectivity index (χ0v) is 8.55. The van der Waals surface area contributed by atoms with Crippen molar-refractivity contribution in [2.45, 2.75) is 19.4 Å². The molecule has 0 radical (unpaired) electrons. The number of halogens is 3. The lowest BCUT2D eigenvalue weighted by molar-refractivity contribution is -0.152. The van der Waals surface area contributed by atoms with E-state index >= 15 is 0 Å². The number of hydrogen-bond acceptors (Lipinski definition) is 2. The maximum atomic E-state index is 13.1. The van der Waals surface area contributed by atoms with Gasteiger partial charge in [-0.25, -0.2) is 13.6 Å². The molecule has 16 heavy (non-hydrogen) atoms. The summed E-state index contributed by atoms with van der Waals surface area (Å²) in [6.45, 7) is 2.33. The minimum absolute atomic E-state index is 0.647. The average Bonchev–Trinajstić information content (AvgIpc) is 2.19. The van der Waals surface area contributed by atoms with E-state index in [1.165, 1.54) is 0 Å². The molecule has 0 heterocycles. The van der Waals surface area contributed by atoms with E-state index in [2.05, 4.69) is 0 Å². The summed E-state index contributed by atoms with van der Waals surface area (Å²) in [4.78, 5) is 10.7. The molecule has 0 aromatic heterocycles. The van der Waals surface area contributed by atoms with E-state index < -0.39 is 34.8 Å². The Balaban J connectivity index is 3.08. The topological polar surface area (TPSA) is 46.5 Å². The first-order chi connectivity index (χ1) is 7.25. The summed E-state index contributed by atoms with van der Waals surface area (Å²) in [7, 11) is 0. The van der Waals surface area contributed by atoms with Gasteiger partial charge in [0.05, 0.1) is 0 Å². The van der Waals surface area contributed by atoms with Crippen molar-refractivity contribution in [2.24, 2.45) is 0 Å². The van der Waals surface area contributed by atoms with Crippen LogP contribution >= 0.6 is 0 Å². The number of rotatable bonds is 3. The first-order valence-electron chi connectivity index (χ1n) is 4.31. The Morgan fingerprint density at radius 2 is 1.81 bits per heavy atom. The van der Waals surface area contributed by atoms with Crippen LogP contribution in [0.4, 0.5) is 13.2 Å². The minimum Gasteiger partial charge on any atom is -0.478 e. The lowest BCUT2D eigenvalue weighted by Gasteiger charge is -2.21. The van der Waals surface area contributed by atoms with E-state index in [0.717, 1.165) is 19.9 Å². The van der Waals surface area contributed by atoms with Crippen LogP contribution in [-0.2, 0) is 4.79 Å². The van der Waals surface area contributed by atoms with Gasteiger partial charge in [0.25, 0.3) is 0 Å². The second kappa shape index (κ2) is 4.03. The lowest BCUT2D eigenvalue weighted by Crippen LogP contribution is -2.38. The maximum absolute atomic E-state index is 13.1. The van der Waals surface area contributed by atoms with Gasteiger partial charge in [-0.1, -0.05) is 0 Å². The van der Waals surface area contributed by atoms with Gasteiger partial charge in [0.2, 0.25) is 5.82 Å². The molecule has 1 rings (SSSR count). The minimum atomic E-state index is -1.73. The highest BCUT2D eigenvalue weighted by Gasteiger charge is 2.31. The fourth-order valence-corrected chi connectivity index (χ4v) is 0.906. The summed E-state index contributed by atoms with van der Waals surface area (Å²) in [6.07, 6.45) is 0. The van der Waals surface area contributed by atoms with Gasteiger partial charge in [-0.2, -0.15) is 4.39 Å². The molecule has 0 aliphatic carbocycles. The summed E-state index contributed by atoms with van der Waals surface area (Å²) in [5, 5.41) is 8.70. The van der Waals surface area contributed by atoms with E-state index in [0.29, 0.717) is 6.07 Å². The Bertz CT molecular complexity index is 430. The van der Waals surface area contributed by atoms with Crippen LogP contribution in [0, 0.1) is 17.5 Å². The van der Waals surface area contributed by atoms with Crippen molar-refractivity contribution in [1.29, 1.82) is 0 Å². The molecule has 88 valence electrons. The number of ether oxygens (including phenoxy) is 1. The van der Waals surface area contributed by atoms with E-state index in [4.69, 9.17) is 9.84 Å². The van der Waals surface area contributed by atoms with Crippen LogP contribution in [0.2, 0.25) is 0 Å². The molecule has 1 aromatic carbocycles. The van der Waals surface area contributed by atoms with Gasteiger partial charge in [-0.05, 0) is 26.0 Å². The summed E-state index contributed by atoms with van der Waals surface area (Å²) in [5.74, 6) is -6.60. The molecule has 6 heteroatoms. The molecule has 0 bridgehead atoms. The van der Waals surface area contributed by atoms with Crippen molar-refractivity contribution in [3.63, 3.8) is 0 Å². The predicted octanol–water partition coefficient (Wildman–Crippen LogP) is 2.35. The Morgan fingerprint density at radius 3 is 2.31 bits per heavy atom. The first-order valence-corrected chi connectivity index (χ1v) is 4.31.